The lowest BCUT2D eigenvalue weighted by molar-refractivity contribution is -0.111. The standard InChI is InChI=1S/C31H39N7O8S/c1-37(2)13-7-10-27(39)33-21-8-6-9-23(16-21)47(42,43)38-14-11-20(12-15-38)34-31(41)29-24(19-32-36-29)35-30(40)28-25(45-4)17-22(44-3)18-26(28)46-5/h6-10,16-20H,11-15H2,1-5H3,(H,32,36)(H,33,39)(H,34,41)(H,35,40)/b10-7+. The molecule has 0 aliphatic carbocycles. The summed E-state index contributed by atoms with van der Waals surface area (Å²) in [5.41, 5.74) is 0.545. The van der Waals surface area contributed by atoms with Crippen molar-refractivity contribution < 1.29 is 37.0 Å². The molecule has 1 fully saturated rings. The van der Waals surface area contributed by atoms with E-state index in [1.165, 1.54) is 62.2 Å². The highest BCUT2D eigenvalue weighted by Crippen LogP contribution is 2.34. The molecule has 4 rings (SSSR count). The molecule has 1 aliphatic rings. The zero-order valence-electron chi connectivity index (χ0n) is 26.8. The van der Waals surface area contributed by atoms with Gasteiger partial charge in [-0.25, -0.2) is 8.42 Å². The predicted molar refractivity (Wildman–Crippen MR) is 175 cm³/mol. The summed E-state index contributed by atoms with van der Waals surface area (Å²) in [7, 11) is 4.19. The monoisotopic (exact) mass is 669 g/mol. The fraction of sp³-hybridized carbons (Fsp3) is 0.355. The highest BCUT2D eigenvalue weighted by molar-refractivity contribution is 7.89. The number of hydrogen-bond donors (Lipinski definition) is 4. The average Bonchev–Trinajstić information content (AvgIpc) is 3.52. The van der Waals surface area contributed by atoms with Gasteiger partial charge in [0.25, 0.3) is 11.8 Å². The SMILES string of the molecule is COc1cc(OC)c(C(=O)Nc2c[nH]nc2C(=O)NC2CCN(S(=O)(=O)c3cccc(NC(=O)/C=C/CN(C)C)c3)CC2)c(OC)c1. The summed E-state index contributed by atoms with van der Waals surface area (Å²) >= 11 is 0. The number of nitrogens with one attached hydrogen (secondary N) is 4. The average molecular weight is 670 g/mol. The maximum atomic E-state index is 13.4. The largest absolute Gasteiger partial charge is 0.496 e. The Balaban J connectivity index is 1.36. The Bertz CT molecular complexity index is 1710. The molecule has 0 bridgehead atoms. The summed E-state index contributed by atoms with van der Waals surface area (Å²) in [6.07, 6.45) is 5.19. The lowest BCUT2D eigenvalue weighted by atomic mass is 10.1. The number of nitrogens with zero attached hydrogens (tertiary/aromatic N) is 3. The van der Waals surface area contributed by atoms with Crippen LogP contribution in [0.25, 0.3) is 0 Å². The third kappa shape index (κ3) is 8.66. The second-order valence-electron chi connectivity index (χ2n) is 10.8. The molecular formula is C31H39N7O8S. The first-order valence-corrected chi connectivity index (χ1v) is 16.1. The highest BCUT2D eigenvalue weighted by atomic mass is 32.2. The van der Waals surface area contributed by atoms with Crippen LogP contribution in [0.2, 0.25) is 0 Å². The number of H-pyrrole nitrogens is 1. The first-order valence-electron chi connectivity index (χ1n) is 14.6. The fourth-order valence-corrected chi connectivity index (χ4v) is 6.42. The van der Waals surface area contributed by atoms with Crippen LogP contribution in [0.1, 0.15) is 33.7 Å². The van der Waals surface area contributed by atoms with Gasteiger partial charge in [-0.1, -0.05) is 12.1 Å². The summed E-state index contributed by atoms with van der Waals surface area (Å²) in [6, 6.07) is 8.82. The summed E-state index contributed by atoms with van der Waals surface area (Å²) in [5.74, 6) is -0.658. The Hall–Kier alpha value is -4.93. The number of piperidine rings is 1. The number of hydrogen-bond acceptors (Lipinski definition) is 10. The maximum absolute atomic E-state index is 13.4. The van der Waals surface area contributed by atoms with E-state index in [1.54, 1.807) is 18.2 Å². The fourth-order valence-electron chi connectivity index (χ4n) is 4.90. The van der Waals surface area contributed by atoms with Crippen LogP contribution >= 0.6 is 0 Å². The van der Waals surface area contributed by atoms with Gasteiger partial charge < -0.3 is 35.1 Å². The van der Waals surface area contributed by atoms with E-state index in [1.807, 2.05) is 19.0 Å². The number of benzene rings is 2. The smallest absolute Gasteiger partial charge is 0.274 e. The molecular weight excluding hydrogens is 630 g/mol. The molecule has 4 N–H and O–H groups in total. The van der Waals surface area contributed by atoms with E-state index in [4.69, 9.17) is 14.2 Å². The highest BCUT2D eigenvalue weighted by Gasteiger charge is 2.31. The maximum Gasteiger partial charge on any atom is 0.274 e. The minimum absolute atomic E-state index is 0.0460. The van der Waals surface area contributed by atoms with Gasteiger partial charge in [-0.05, 0) is 45.1 Å². The van der Waals surface area contributed by atoms with E-state index >= 15 is 0 Å². The quantitative estimate of drug-likeness (QED) is 0.197. The van der Waals surface area contributed by atoms with Gasteiger partial charge in [0.15, 0.2) is 5.69 Å². The van der Waals surface area contributed by atoms with Crippen molar-refractivity contribution in [2.75, 3.05) is 65.7 Å². The number of sulfonamides is 1. The predicted octanol–water partition coefficient (Wildman–Crippen LogP) is 2.33. The van der Waals surface area contributed by atoms with Crippen LogP contribution in [0, 0.1) is 0 Å². The van der Waals surface area contributed by atoms with Crippen LogP contribution in [-0.2, 0) is 14.8 Å². The zero-order valence-corrected chi connectivity index (χ0v) is 27.6. The molecule has 3 amide bonds. The Morgan fingerprint density at radius 3 is 2.30 bits per heavy atom. The molecule has 0 spiro atoms. The van der Waals surface area contributed by atoms with Gasteiger partial charge in [-0.3, -0.25) is 19.5 Å². The van der Waals surface area contributed by atoms with Gasteiger partial charge in [0.2, 0.25) is 15.9 Å². The van der Waals surface area contributed by atoms with E-state index in [0.717, 1.165) is 0 Å². The number of aromatic nitrogens is 2. The van der Waals surface area contributed by atoms with Gasteiger partial charge in [0.05, 0.1) is 31.9 Å². The number of carbonyl (C=O) groups is 3. The lowest BCUT2D eigenvalue weighted by Crippen LogP contribution is -2.46. The summed E-state index contributed by atoms with van der Waals surface area (Å²) in [6.45, 7) is 0.921. The van der Waals surface area contributed by atoms with Crippen LogP contribution < -0.4 is 30.2 Å². The first kappa shape index (κ1) is 34.9. The molecule has 16 heteroatoms. The van der Waals surface area contributed by atoms with E-state index in [2.05, 4.69) is 26.1 Å². The number of anilines is 2. The van der Waals surface area contributed by atoms with Crippen LogP contribution in [0.15, 0.2) is 59.6 Å². The van der Waals surface area contributed by atoms with E-state index in [-0.39, 0.29) is 58.4 Å². The molecule has 1 aliphatic heterocycles. The van der Waals surface area contributed by atoms with Crippen LogP contribution in [0.3, 0.4) is 0 Å². The van der Waals surface area contributed by atoms with Crippen molar-refractivity contribution in [1.29, 1.82) is 0 Å². The third-order valence-corrected chi connectivity index (χ3v) is 9.21. The van der Waals surface area contributed by atoms with Crippen molar-refractivity contribution in [3.05, 3.63) is 66.0 Å². The minimum Gasteiger partial charge on any atom is -0.496 e. The second-order valence-corrected chi connectivity index (χ2v) is 12.8. The molecule has 0 unspecified atom stereocenters. The van der Waals surface area contributed by atoms with E-state index < -0.39 is 21.8 Å². The number of rotatable bonds is 13. The summed E-state index contributed by atoms with van der Waals surface area (Å²) < 4.78 is 44.1. The summed E-state index contributed by atoms with van der Waals surface area (Å²) in [5, 5.41) is 14.9. The van der Waals surface area contributed by atoms with Crippen molar-refractivity contribution in [2.45, 2.75) is 23.8 Å². The number of amides is 3. The number of carbonyl (C=O) groups excluding carboxylic acids is 3. The minimum atomic E-state index is -3.85. The second kappa shape index (κ2) is 15.6. The zero-order chi connectivity index (χ0) is 34.1. The van der Waals surface area contributed by atoms with Crippen molar-refractivity contribution in [2.24, 2.45) is 0 Å². The Morgan fingerprint density at radius 1 is 1.00 bits per heavy atom. The van der Waals surface area contributed by atoms with Gasteiger partial charge in [-0.2, -0.15) is 9.40 Å². The molecule has 2 heterocycles. The van der Waals surface area contributed by atoms with Crippen LogP contribution in [0.5, 0.6) is 17.2 Å². The van der Waals surface area contributed by atoms with E-state index in [0.29, 0.717) is 30.8 Å². The van der Waals surface area contributed by atoms with Crippen molar-refractivity contribution in [1.82, 2.24) is 24.7 Å². The topological polar surface area (TPSA) is 184 Å². The van der Waals surface area contributed by atoms with Crippen LogP contribution in [0.4, 0.5) is 11.4 Å². The number of aromatic amines is 1. The molecule has 0 saturated carbocycles. The molecule has 1 aromatic heterocycles. The first-order chi connectivity index (χ1) is 22.5. The van der Waals surface area contributed by atoms with Gasteiger partial charge in [0, 0.05) is 55.8 Å². The molecule has 0 atom stereocenters. The van der Waals surface area contributed by atoms with E-state index in [9.17, 15) is 22.8 Å². The Kier molecular flexibility index (Phi) is 11.6. The molecule has 15 nitrogen and oxygen atoms in total. The third-order valence-electron chi connectivity index (χ3n) is 7.31. The molecule has 3 aromatic rings. The molecule has 2 aromatic carbocycles. The Labute approximate surface area is 273 Å². The lowest BCUT2D eigenvalue weighted by Gasteiger charge is -2.31. The normalized spacial score (nSPS) is 14.2. The molecule has 1 saturated heterocycles. The van der Waals surface area contributed by atoms with Gasteiger partial charge >= 0.3 is 0 Å². The molecule has 252 valence electrons. The number of ether oxygens (including phenoxy) is 3. The number of methoxy groups -OCH3 is 3. The van der Waals surface area contributed by atoms with Crippen molar-refractivity contribution in [3.8, 4) is 17.2 Å². The van der Waals surface area contributed by atoms with Crippen molar-refractivity contribution in [3.63, 3.8) is 0 Å². The Morgan fingerprint density at radius 2 is 1.68 bits per heavy atom. The molecule has 0 radical (unpaired) electrons. The summed E-state index contributed by atoms with van der Waals surface area (Å²) in [4.78, 5) is 40.6. The van der Waals surface area contributed by atoms with Gasteiger partial charge in [-0.15, -0.1) is 0 Å². The number of likely N-dealkylation sites (N-methyl/N-ethyl adjacent to an activating group) is 1. The van der Waals surface area contributed by atoms with Gasteiger partial charge in [0.1, 0.15) is 22.8 Å². The molecule has 47 heavy (non-hydrogen) atoms. The van der Waals surface area contributed by atoms with Crippen molar-refractivity contribution >= 4 is 39.1 Å². The van der Waals surface area contributed by atoms with Crippen LogP contribution in [-0.4, -0.2) is 107 Å².